The second-order valence-electron chi connectivity index (χ2n) is 3.69. The van der Waals surface area contributed by atoms with Crippen LogP contribution in [-0.2, 0) is 24.3 Å². The molecule has 9 nitrogen and oxygen atoms in total. The van der Waals surface area contributed by atoms with Gasteiger partial charge in [0, 0.05) is 5.69 Å². The molecule has 0 unspecified atom stereocenters. The van der Waals surface area contributed by atoms with Gasteiger partial charge >= 0.3 is 11.9 Å². The van der Waals surface area contributed by atoms with Gasteiger partial charge in [0.15, 0.2) is 0 Å². The Morgan fingerprint density at radius 2 is 1.81 bits per heavy atom. The molecule has 0 spiro atoms. The molecular weight excluding hydrogens is 300 g/mol. The number of anilines is 1. The van der Waals surface area contributed by atoms with Gasteiger partial charge in [0.25, 0.3) is 10.0 Å². The van der Waals surface area contributed by atoms with Gasteiger partial charge < -0.3 is 21.5 Å². The first-order valence-corrected chi connectivity index (χ1v) is 7.14. The van der Waals surface area contributed by atoms with E-state index >= 15 is 0 Å². The van der Waals surface area contributed by atoms with Crippen LogP contribution in [0.5, 0.6) is 0 Å². The fourth-order valence-electron chi connectivity index (χ4n) is 1.28. The lowest BCUT2D eigenvalue weighted by molar-refractivity contribution is -0.152. The Kier molecular flexibility index (Phi) is 5.24. The van der Waals surface area contributed by atoms with E-state index in [9.17, 15) is 18.0 Å². The molecular formula is C11H14N4O5S. The summed E-state index contributed by atoms with van der Waals surface area (Å²) in [5, 5.41) is 2.25. The number of amides is 1. The van der Waals surface area contributed by atoms with Gasteiger partial charge in [-0.1, -0.05) is 0 Å². The zero-order valence-electron chi connectivity index (χ0n) is 11.1. The largest absolute Gasteiger partial charge is 0.459 e. The first kappa shape index (κ1) is 16.4. The number of hydrogen-bond acceptors (Lipinski definition) is 5. The molecule has 1 amide bonds. The van der Waals surface area contributed by atoms with Crippen molar-refractivity contribution in [3.63, 3.8) is 0 Å². The van der Waals surface area contributed by atoms with Crippen molar-refractivity contribution in [2.24, 2.45) is 15.9 Å². The quantitative estimate of drug-likeness (QED) is 0.283. The Bertz CT molecular complexity index is 662. The summed E-state index contributed by atoms with van der Waals surface area (Å²) in [6, 6.07) is 4.93. The van der Waals surface area contributed by atoms with E-state index in [4.69, 9.17) is 11.5 Å². The molecule has 5 N–H and O–H groups in total. The number of nitrogens with one attached hydrogen (secondary N) is 1. The molecule has 0 aliphatic carbocycles. The van der Waals surface area contributed by atoms with Crippen LogP contribution < -0.4 is 16.8 Å². The number of ether oxygens (including phenoxy) is 1. The molecule has 0 heterocycles. The fourth-order valence-corrected chi connectivity index (χ4v) is 2.14. The minimum Gasteiger partial charge on any atom is -0.459 e. The molecule has 114 valence electrons. The van der Waals surface area contributed by atoms with Gasteiger partial charge in [0.2, 0.25) is 5.96 Å². The van der Waals surface area contributed by atoms with Crippen LogP contribution in [0.2, 0.25) is 0 Å². The molecule has 1 rings (SSSR count). The fraction of sp³-hybridized carbons (Fsp3) is 0.182. The third kappa shape index (κ3) is 4.76. The van der Waals surface area contributed by atoms with Crippen LogP contribution in [0.3, 0.4) is 0 Å². The number of nitrogens with zero attached hydrogens (tertiary/aromatic N) is 1. The van der Waals surface area contributed by atoms with Crippen LogP contribution >= 0.6 is 0 Å². The number of hydrogen-bond donors (Lipinski definition) is 3. The van der Waals surface area contributed by atoms with E-state index in [-0.39, 0.29) is 17.2 Å². The van der Waals surface area contributed by atoms with E-state index in [2.05, 4.69) is 14.5 Å². The van der Waals surface area contributed by atoms with Crippen LogP contribution in [0.25, 0.3) is 0 Å². The van der Waals surface area contributed by atoms with E-state index in [1.165, 1.54) is 24.3 Å². The van der Waals surface area contributed by atoms with Crippen LogP contribution in [0, 0.1) is 0 Å². The molecule has 0 aliphatic rings. The van der Waals surface area contributed by atoms with Crippen molar-refractivity contribution in [3.8, 4) is 0 Å². The number of carbonyl (C=O) groups is 2. The van der Waals surface area contributed by atoms with Crippen LogP contribution in [0.15, 0.2) is 33.6 Å². The number of rotatable bonds is 4. The first-order valence-electron chi connectivity index (χ1n) is 5.70. The number of nitrogens with two attached hydrogens (primary N) is 2. The lowest BCUT2D eigenvalue weighted by atomic mass is 10.3. The average Bonchev–Trinajstić information content (AvgIpc) is 2.38. The molecule has 0 atom stereocenters. The lowest BCUT2D eigenvalue weighted by Crippen LogP contribution is -2.25. The zero-order chi connectivity index (χ0) is 16.0. The van der Waals surface area contributed by atoms with E-state index in [0.717, 1.165) is 0 Å². The van der Waals surface area contributed by atoms with Gasteiger partial charge in [-0.2, -0.15) is 8.42 Å². The number of esters is 1. The minimum atomic E-state index is -4.00. The van der Waals surface area contributed by atoms with Gasteiger partial charge in [-0.05, 0) is 31.2 Å². The molecule has 0 saturated heterocycles. The van der Waals surface area contributed by atoms with Crippen LogP contribution in [-0.4, -0.2) is 32.9 Å². The van der Waals surface area contributed by atoms with Crippen molar-refractivity contribution < 1.29 is 22.7 Å². The molecule has 0 saturated carbocycles. The number of guanidine groups is 1. The number of sulfonamides is 1. The SMILES string of the molecule is CCOC(=O)C(=O)Nc1ccc(S(=O)(=O)N=C(N)N)cc1. The molecule has 1 aromatic rings. The Morgan fingerprint density at radius 1 is 1.24 bits per heavy atom. The van der Waals surface area contributed by atoms with Crippen molar-refractivity contribution in [1.82, 2.24) is 0 Å². The Hall–Kier alpha value is -2.62. The second kappa shape index (κ2) is 6.70. The third-order valence-electron chi connectivity index (χ3n) is 2.10. The summed E-state index contributed by atoms with van der Waals surface area (Å²) < 4.78 is 30.9. The van der Waals surface area contributed by atoms with Gasteiger partial charge in [-0.25, -0.2) is 4.79 Å². The molecule has 1 aromatic carbocycles. The molecule has 0 radical (unpaired) electrons. The van der Waals surface area contributed by atoms with Crippen molar-refractivity contribution >= 4 is 33.5 Å². The van der Waals surface area contributed by atoms with Gasteiger partial charge in [-0.15, -0.1) is 4.40 Å². The highest BCUT2D eigenvalue weighted by atomic mass is 32.2. The normalized spacial score (nSPS) is 10.5. The van der Waals surface area contributed by atoms with Crippen molar-refractivity contribution in [2.45, 2.75) is 11.8 Å². The molecule has 0 bridgehead atoms. The summed E-state index contributed by atoms with van der Waals surface area (Å²) in [6.07, 6.45) is 0. The maximum atomic E-state index is 11.7. The minimum absolute atomic E-state index is 0.0714. The maximum Gasteiger partial charge on any atom is 0.397 e. The highest BCUT2D eigenvalue weighted by molar-refractivity contribution is 7.90. The lowest BCUT2D eigenvalue weighted by Gasteiger charge is -2.05. The van der Waals surface area contributed by atoms with Crippen molar-refractivity contribution in [2.75, 3.05) is 11.9 Å². The van der Waals surface area contributed by atoms with E-state index < -0.39 is 27.9 Å². The predicted molar refractivity (Wildman–Crippen MR) is 74.7 cm³/mol. The smallest absolute Gasteiger partial charge is 0.397 e. The maximum absolute atomic E-state index is 11.7. The Morgan fingerprint density at radius 3 is 2.29 bits per heavy atom. The summed E-state index contributed by atoms with van der Waals surface area (Å²) in [5.74, 6) is -2.58. The van der Waals surface area contributed by atoms with Gasteiger partial charge in [0.1, 0.15) is 0 Å². The zero-order valence-corrected chi connectivity index (χ0v) is 11.9. The number of benzene rings is 1. The molecule has 0 aliphatic heterocycles. The summed E-state index contributed by atoms with van der Waals surface area (Å²) in [4.78, 5) is 22.3. The van der Waals surface area contributed by atoms with E-state index in [0.29, 0.717) is 0 Å². The molecule has 0 fully saturated rings. The van der Waals surface area contributed by atoms with Crippen molar-refractivity contribution in [3.05, 3.63) is 24.3 Å². The standard InChI is InChI=1S/C11H14N4O5S/c1-2-20-10(17)9(16)14-7-3-5-8(6-4-7)21(18,19)15-11(12)13/h3-6H,2H2,1H3,(H,14,16)(H4,12,13,15). The highest BCUT2D eigenvalue weighted by Gasteiger charge is 2.16. The summed E-state index contributed by atoms with van der Waals surface area (Å²) in [6.45, 7) is 1.64. The van der Waals surface area contributed by atoms with E-state index in [1.807, 2.05) is 0 Å². The summed E-state index contributed by atoms with van der Waals surface area (Å²) >= 11 is 0. The molecule has 10 heteroatoms. The van der Waals surface area contributed by atoms with Gasteiger partial charge in [-0.3, -0.25) is 4.79 Å². The Labute approximate surface area is 121 Å². The highest BCUT2D eigenvalue weighted by Crippen LogP contribution is 2.16. The second-order valence-corrected chi connectivity index (χ2v) is 5.29. The number of carbonyl (C=O) groups excluding carboxylic acids is 2. The summed E-state index contributed by atoms with van der Waals surface area (Å²) in [7, 11) is -4.00. The topological polar surface area (TPSA) is 154 Å². The predicted octanol–water partition coefficient (Wildman–Crippen LogP) is -0.850. The van der Waals surface area contributed by atoms with Crippen LogP contribution in [0.4, 0.5) is 5.69 Å². The van der Waals surface area contributed by atoms with Crippen molar-refractivity contribution in [1.29, 1.82) is 0 Å². The van der Waals surface area contributed by atoms with E-state index in [1.54, 1.807) is 6.92 Å². The van der Waals surface area contributed by atoms with Gasteiger partial charge in [0.05, 0.1) is 11.5 Å². The summed E-state index contributed by atoms with van der Waals surface area (Å²) in [5.41, 5.74) is 10.2. The first-order chi connectivity index (χ1) is 9.76. The molecule has 0 aromatic heterocycles. The monoisotopic (exact) mass is 314 g/mol. The Balaban J connectivity index is 2.87. The third-order valence-corrected chi connectivity index (χ3v) is 3.42. The van der Waals surface area contributed by atoms with Crippen LogP contribution in [0.1, 0.15) is 6.92 Å². The average molecular weight is 314 g/mol. The molecule has 21 heavy (non-hydrogen) atoms.